The van der Waals surface area contributed by atoms with Gasteiger partial charge in [-0.3, -0.25) is 19.3 Å². The number of piperazine rings is 1. The van der Waals surface area contributed by atoms with Gasteiger partial charge in [0.15, 0.2) is 5.65 Å². The summed E-state index contributed by atoms with van der Waals surface area (Å²) < 4.78 is 8.01. The zero-order valence-corrected chi connectivity index (χ0v) is 40.7. The van der Waals surface area contributed by atoms with Gasteiger partial charge in [-0.25, -0.2) is 19.9 Å². The maximum atomic E-state index is 13.9. The third-order valence-corrected chi connectivity index (χ3v) is 13.7. The number of aromatic amines is 1. The van der Waals surface area contributed by atoms with E-state index in [0.717, 1.165) is 97.5 Å². The highest BCUT2D eigenvalue weighted by molar-refractivity contribution is 6.30. The predicted molar refractivity (Wildman–Crippen MR) is 269 cm³/mol. The van der Waals surface area contributed by atoms with E-state index in [-0.39, 0.29) is 23.8 Å². The minimum atomic E-state index is -1.01. The molecular formula is C51H66ClN13O4. The van der Waals surface area contributed by atoms with Crippen molar-refractivity contribution in [3.8, 4) is 5.75 Å². The van der Waals surface area contributed by atoms with Crippen molar-refractivity contribution in [2.45, 2.75) is 75.9 Å². The molecule has 0 bridgehead atoms. The Morgan fingerprint density at radius 2 is 1.67 bits per heavy atom. The van der Waals surface area contributed by atoms with Gasteiger partial charge >= 0.3 is 0 Å². The minimum absolute atomic E-state index is 0.151. The molecule has 0 saturated carbocycles. The number of nitrogens with two attached hydrogens (primary N) is 1. The first-order valence-corrected chi connectivity index (χ1v) is 24.7. The normalized spacial score (nSPS) is 15.7. The van der Waals surface area contributed by atoms with Gasteiger partial charge in [0, 0.05) is 82.1 Å². The number of likely N-dealkylation sites (N-methyl/N-ethyl adjacent to an activating group) is 1. The van der Waals surface area contributed by atoms with Crippen LogP contribution in [-0.4, -0.2) is 147 Å². The highest BCUT2D eigenvalue weighted by Gasteiger charge is 2.39. The third-order valence-electron chi connectivity index (χ3n) is 13.4. The number of rotatable bonds is 22. The van der Waals surface area contributed by atoms with Crippen molar-refractivity contribution in [1.29, 1.82) is 0 Å². The number of carbonyl (C=O) groups is 3. The van der Waals surface area contributed by atoms with Crippen LogP contribution in [0.2, 0.25) is 5.02 Å². The Hall–Kier alpha value is -6.14. The quantitative estimate of drug-likeness (QED) is 0.0598. The van der Waals surface area contributed by atoms with Crippen molar-refractivity contribution in [1.82, 2.24) is 54.8 Å². The lowest BCUT2D eigenvalue weighted by atomic mass is 9.87. The largest absolute Gasteiger partial charge is 0.492 e. The molecule has 0 aliphatic carbocycles. The first-order chi connectivity index (χ1) is 33.5. The molecular weight excluding hydrogens is 894 g/mol. The molecule has 18 heteroatoms. The fourth-order valence-corrected chi connectivity index (χ4v) is 9.29. The van der Waals surface area contributed by atoms with E-state index in [0.29, 0.717) is 87.9 Å². The predicted octanol–water partition coefficient (Wildman–Crippen LogP) is 5.80. The molecule has 366 valence electrons. The number of hydrogen-bond acceptors (Lipinski definition) is 12. The van der Waals surface area contributed by atoms with Gasteiger partial charge in [-0.05, 0) is 88.2 Å². The van der Waals surface area contributed by atoms with E-state index in [1.54, 1.807) is 18.7 Å². The van der Waals surface area contributed by atoms with Crippen LogP contribution < -0.4 is 26.0 Å². The Morgan fingerprint density at radius 1 is 0.899 bits per heavy atom. The topological polar surface area (TPSA) is 196 Å². The lowest BCUT2D eigenvalue weighted by Crippen LogP contribution is -2.60. The maximum Gasteiger partial charge on any atom is 0.269 e. The van der Waals surface area contributed by atoms with Crippen molar-refractivity contribution in [3.05, 3.63) is 107 Å². The van der Waals surface area contributed by atoms with Gasteiger partial charge in [0.25, 0.3) is 5.91 Å². The van der Waals surface area contributed by atoms with Crippen LogP contribution in [-0.2, 0) is 16.1 Å². The van der Waals surface area contributed by atoms with Gasteiger partial charge in [0.1, 0.15) is 41.4 Å². The monoisotopic (exact) mass is 960 g/mol. The van der Waals surface area contributed by atoms with E-state index in [4.69, 9.17) is 27.1 Å². The molecule has 17 nitrogen and oxygen atoms in total. The molecule has 2 aliphatic rings. The standard InChI is InChI=1S/C51H66ClN13O4/c1-61(2)32-33-69-44-11-8-7-10-38(44)34-65-36-58-42-17-18-43(59-48(42)65)49(67)55-23-9-5-3-4-6-12-45(66)63-30-28-62(29-31-63)25-20-41(37-13-15-39(52)16-14-37)60-50(68)51(53)21-26-64(27-22-51)47-40-19-24-54-46(40)56-35-57-47/h7-8,10-11,13-19,24,35-36,41H,3-6,9,12,20-23,25-34,53H2,1-2H3,(H,55,67)(H,60,68)(H,54,56,57)/t41-/m0/s1. The second-order valence-electron chi connectivity index (χ2n) is 18.6. The molecule has 4 aromatic heterocycles. The number of aromatic nitrogens is 6. The van der Waals surface area contributed by atoms with Crippen LogP contribution in [0.25, 0.3) is 22.2 Å². The molecule has 5 N–H and O–H groups in total. The zero-order valence-electron chi connectivity index (χ0n) is 39.9. The number of H-pyrrole nitrogens is 1. The number of fused-ring (bicyclic) bond motifs is 2. The average Bonchev–Trinajstić information content (AvgIpc) is 4.02. The van der Waals surface area contributed by atoms with Gasteiger partial charge in [-0.15, -0.1) is 0 Å². The van der Waals surface area contributed by atoms with E-state index in [1.807, 2.05) is 90.4 Å². The van der Waals surface area contributed by atoms with Crippen LogP contribution in [0, 0.1) is 0 Å². The van der Waals surface area contributed by atoms with E-state index in [1.165, 1.54) is 0 Å². The van der Waals surface area contributed by atoms with Gasteiger partial charge in [0.2, 0.25) is 11.8 Å². The highest BCUT2D eigenvalue weighted by atomic mass is 35.5. The molecule has 6 heterocycles. The SMILES string of the molecule is CN(C)CCOc1ccccc1Cn1cnc2ccc(C(=O)NCCCCCCCC(=O)N3CCN(CC[C@H](NC(=O)C4(N)CCN(c5ncnc6[nH]ccc56)CC4)c4ccc(Cl)cc4)CC3)nc21. The van der Waals surface area contributed by atoms with E-state index in [9.17, 15) is 14.4 Å². The van der Waals surface area contributed by atoms with E-state index < -0.39 is 5.54 Å². The number of anilines is 1. The van der Waals surface area contributed by atoms with Crippen molar-refractivity contribution in [2.24, 2.45) is 5.73 Å². The molecule has 2 aliphatic heterocycles. The fourth-order valence-electron chi connectivity index (χ4n) is 9.17. The van der Waals surface area contributed by atoms with Crippen molar-refractivity contribution in [2.75, 3.05) is 84.5 Å². The number of amides is 3. The molecule has 69 heavy (non-hydrogen) atoms. The maximum absolute atomic E-state index is 13.9. The van der Waals surface area contributed by atoms with Crippen molar-refractivity contribution in [3.63, 3.8) is 0 Å². The van der Waals surface area contributed by atoms with Gasteiger partial charge < -0.3 is 45.4 Å². The van der Waals surface area contributed by atoms with Crippen LogP contribution in [0.15, 0.2) is 85.6 Å². The number of unbranched alkanes of at least 4 members (excludes halogenated alkanes) is 4. The lowest BCUT2D eigenvalue weighted by molar-refractivity contribution is -0.133. The molecule has 0 unspecified atom stereocenters. The van der Waals surface area contributed by atoms with Gasteiger partial charge in [0.05, 0.1) is 29.8 Å². The number of para-hydroxylation sites is 1. The van der Waals surface area contributed by atoms with E-state index in [2.05, 4.69) is 45.3 Å². The summed E-state index contributed by atoms with van der Waals surface area (Å²) in [6, 6.07) is 20.9. The van der Waals surface area contributed by atoms with Gasteiger partial charge in [-0.2, -0.15) is 0 Å². The summed E-state index contributed by atoms with van der Waals surface area (Å²) >= 11 is 6.25. The molecule has 0 spiro atoms. The average molecular weight is 961 g/mol. The first kappa shape index (κ1) is 49.3. The van der Waals surface area contributed by atoms with Crippen molar-refractivity contribution < 1.29 is 19.1 Å². The number of pyridine rings is 1. The minimum Gasteiger partial charge on any atom is -0.492 e. The number of carbonyl (C=O) groups excluding carboxylic acids is 3. The summed E-state index contributed by atoms with van der Waals surface area (Å²) in [5.74, 6) is 1.52. The smallest absolute Gasteiger partial charge is 0.269 e. The molecule has 1 atom stereocenters. The van der Waals surface area contributed by atoms with Crippen LogP contribution in [0.5, 0.6) is 5.75 Å². The van der Waals surface area contributed by atoms with Gasteiger partial charge in [-0.1, -0.05) is 61.2 Å². The molecule has 2 fully saturated rings. The summed E-state index contributed by atoms with van der Waals surface area (Å²) in [7, 11) is 4.04. The van der Waals surface area contributed by atoms with E-state index >= 15 is 0 Å². The Morgan fingerprint density at radius 3 is 2.46 bits per heavy atom. The van der Waals surface area contributed by atoms with Crippen molar-refractivity contribution >= 4 is 57.3 Å². The second-order valence-corrected chi connectivity index (χ2v) is 19.1. The Bertz CT molecular complexity index is 2640. The number of nitrogens with one attached hydrogen (secondary N) is 3. The van der Waals surface area contributed by atoms with Crippen LogP contribution in [0.4, 0.5) is 5.82 Å². The van der Waals surface area contributed by atoms with Crippen LogP contribution in [0.3, 0.4) is 0 Å². The number of piperidine rings is 1. The number of hydrogen-bond donors (Lipinski definition) is 4. The third kappa shape index (κ3) is 12.9. The molecule has 0 radical (unpaired) electrons. The Labute approximate surface area is 409 Å². The number of ether oxygens (including phenoxy) is 1. The summed E-state index contributed by atoms with van der Waals surface area (Å²) in [6.45, 7) is 7.39. The highest BCUT2D eigenvalue weighted by Crippen LogP contribution is 2.30. The van der Waals surface area contributed by atoms with Crippen LogP contribution in [0.1, 0.15) is 85.4 Å². The zero-order chi connectivity index (χ0) is 48.2. The molecule has 3 amide bonds. The fraction of sp³-hybridized carbons (Fsp3) is 0.471. The summed E-state index contributed by atoms with van der Waals surface area (Å²) in [5.41, 5.74) is 10.4. The molecule has 2 aromatic carbocycles. The lowest BCUT2D eigenvalue weighted by Gasteiger charge is -2.39. The number of imidazole rings is 1. The summed E-state index contributed by atoms with van der Waals surface area (Å²) in [5, 5.41) is 7.93. The first-order valence-electron chi connectivity index (χ1n) is 24.4. The number of nitrogens with zero attached hydrogens (tertiary/aromatic N) is 9. The Balaban J connectivity index is 0.714. The molecule has 8 rings (SSSR count). The number of halogens is 1. The second kappa shape index (κ2) is 23.4. The number of benzene rings is 2. The Kier molecular flexibility index (Phi) is 16.7. The van der Waals surface area contributed by atoms with Crippen LogP contribution >= 0.6 is 11.6 Å². The molecule has 2 saturated heterocycles. The summed E-state index contributed by atoms with van der Waals surface area (Å²) in [4.78, 5) is 70.0. The summed E-state index contributed by atoms with van der Waals surface area (Å²) in [6.07, 6.45) is 12.0. The molecule has 6 aromatic rings.